The molecule has 0 bridgehead atoms. The molecule has 4 N–H and O–H groups in total. The normalized spacial score (nSPS) is 19.7. The molecule has 3 unspecified atom stereocenters. The Bertz CT molecular complexity index is 1050. The Morgan fingerprint density at radius 2 is 1.75 bits per heavy atom. The van der Waals surface area contributed by atoms with E-state index in [4.69, 9.17) is 4.74 Å². The zero-order valence-corrected chi connectivity index (χ0v) is 19.4. The lowest BCUT2D eigenvalue weighted by Gasteiger charge is -2.35. The number of aliphatic hydroxyl groups excluding tert-OH is 1. The zero-order valence-electron chi connectivity index (χ0n) is 19.4. The molecule has 2 aromatic carbocycles. The van der Waals surface area contributed by atoms with Crippen LogP contribution in [-0.2, 0) is 22.3 Å². The number of rotatable bonds is 8. The number of nitrogens with one attached hydrogen (secondary N) is 3. The fourth-order valence-corrected chi connectivity index (χ4v) is 4.08. The van der Waals surface area contributed by atoms with E-state index in [2.05, 4.69) is 16.0 Å². The van der Waals surface area contributed by atoms with Crippen molar-refractivity contribution in [3.8, 4) is 0 Å². The third kappa shape index (κ3) is 7.98. The van der Waals surface area contributed by atoms with Gasteiger partial charge in [0.25, 0.3) is 5.91 Å². The predicted octanol–water partition coefficient (Wildman–Crippen LogP) is 3.01. The lowest BCUT2D eigenvalue weighted by Crippen LogP contribution is -2.51. The van der Waals surface area contributed by atoms with Crippen molar-refractivity contribution in [3.05, 3.63) is 71.3 Å². The van der Waals surface area contributed by atoms with Crippen molar-refractivity contribution in [2.75, 3.05) is 13.2 Å². The number of amides is 3. The van der Waals surface area contributed by atoms with Crippen LogP contribution < -0.4 is 16.0 Å². The lowest BCUT2D eigenvalue weighted by molar-refractivity contribution is -0.137. The summed E-state index contributed by atoms with van der Waals surface area (Å²) in [6, 6.07) is 12.5. The van der Waals surface area contributed by atoms with Gasteiger partial charge in [-0.15, -0.1) is 0 Å². The number of carbonyl (C=O) groups is 3. The number of aliphatic hydroxyl groups is 1. The van der Waals surface area contributed by atoms with E-state index < -0.39 is 36.2 Å². The van der Waals surface area contributed by atoms with E-state index in [1.807, 2.05) is 30.3 Å². The van der Waals surface area contributed by atoms with Crippen LogP contribution in [0.25, 0.3) is 0 Å². The van der Waals surface area contributed by atoms with Crippen LogP contribution in [0.5, 0.6) is 0 Å². The van der Waals surface area contributed by atoms with Crippen LogP contribution in [0, 0.1) is 5.92 Å². The molecule has 8 nitrogen and oxygen atoms in total. The molecule has 11 heteroatoms. The minimum absolute atomic E-state index is 0.119. The maximum Gasteiger partial charge on any atom is 0.416 e. The summed E-state index contributed by atoms with van der Waals surface area (Å²) in [5, 5.41) is 17.6. The third-order valence-corrected chi connectivity index (χ3v) is 5.96. The van der Waals surface area contributed by atoms with Gasteiger partial charge in [-0.05, 0) is 43.0 Å². The van der Waals surface area contributed by atoms with Crippen LogP contribution in [-0.4, -0.2) is 48.2 Å². The summed E-state index contributed by atoms with van der Waals surface area (Å²) in [6.45, 7) is -0.501. The van der Waals surface area contributed by atoms with Gasteiger partial charge in [0.1, 0.15) is 6.61 Å². The molecule has 194 valence electrons. The maximum absolute atomic E-state index is 12.8. The van der Waals surface area contributed by atoms with Gasteiger partial charge in [-0.1, -0.05) is 36.4 Å². The Morgan fingerprint density at radius 3 is 2.44 bits per heavy atom. The highest BCUT2D eigenvalue weighted by atomic mass is 19.4. The first kappa shape index (κ1) is 27.0. The lowest BCUT2D eigenvalue weighted by atomic mass is 9.82. The number of carbonyl (C=O) groups excluding carboxylic acids is 3. The monoisotopic (exact) mass is 507 g/mol. The van der Waals surface area contributed by atoms with Crippen molar-refractivity contribution in [3.63, 3.8) is 0 Å². The molecule has 0 saturated heterocycles. The molecule has 0 spiro atoms. The molecule has 1 aliphatic carbocycles. The van der Waals surface area contributed by atoms with Gasteiger partial charge < -0.3 is 25.8 Å². The number of ether oxygens (including phenoxy) is 1. The van der Waals surface area contributed by atoms with Crippen molar-refractivity contribution in [1.82, 2.24) is 16.0 Å². The SMILES string of the molecule is O=C(CNC(=O)c1cccc(C(F)(F)F)c1)NC1CCC(NC(=O)OCc2ccccc2)C(CO)C1. The second-order valence-electron chi connectivity index (χ2n) is 8.59. The minimum Gasteiger partial charge on any atom is -0.445 e. The summed E-state index contributed by atoms with van der Waals surface area (Å²) < 4.78 is 43.7. The van der Waals surface area contributed by atoms with E-state index in [1.165, 1.54) is 6.07 Å². The van der Waals surface area contributed by atoms with Gasteiger partial charge in [-0.25, -0.2) is 4.79 Å². The van der Waals surface area contributed by atoms with Gasteiger partial charge in [0, 0.05) is 30.2 Å². The van der Waals surface area contributed by atoms with Crippen molar-refractivity contribution >= 4 is 17.9 Å². The van der Waals surface area contributed by atoms with Gasteiger partial charge in [-0.3, -0.25) is 9.59 Å². The summed E-state index contributed by atoms with van der Waals surface area (Å²) >= 11 is 0. The van der Waals surface area contributed by atoms with E-state index in [1.54, 1.807) is 0 Å². The van der Waals surface area contributed by atoms with Crippen LogP contribution in [0.1, 0.15) is 40.7 Å². The Balaban J connectivity index is 1.42. The maximum atomic E-state index is 12.8. The van der Waals surface area contributed by atoms with Crippen molar-refractivity contribution < 1.29 is 37.4 Å². The molecule has 1 aliphatic rings. The van der Waals surface area contributed by atoms with Crippen LogP contribution in [0.2, 0.25) is 0 Å². The molecular formula is C25H28F3N3O5. The van der Waals surface area contributed by atoms with Gasteiger partial charge in [0.05, 0.1) is 12.1 Å². The molecule has 0 heterocycles. The van der Waals surface area contributed by atoms with Crippen molar-refractivity contribution in [2.45, 2.75) is 44.1 Å². The van der Waals surface area contributed by atoms with Gasteiger partial charge >= 0.3 is 12.3 Å². The molecule has 3 rings (SSSR count). The number of hydrogen-bond donors (Lipinski definition) is 4. The molecule has 1 fully saturated rings. The molecule has 3 atom stereocenters. The summed E-state index contributed by atoms with van der Waals surface area (Å²) in [5.41, 5.74) is -0.314. The summed E-state index contributed by atoms with van der Waals surface area (Å²) in [4.78, 5) is 36.6. The van der Waals surface area contributed by atoms with E-state index in [9.17, 15) is 32.7 Å². The smallest absolute Gasteiger partial charge is 0.416 e. The average Bonchev–Trinajstić information content (AvgIpc) is 2.87. The van der Waals surface area contributed by atoms with Gasteiger partial charge in [0.2, 0.25) is 5.91 Å². The molecule has 0 aliphatic heterocycles. The van der Waals surface area contributed by atoms with Crippen LogP contribution in [0.15, 0.2) is 54.6 Å². The number of hydrogen-bond acceptors (Lipinski definition) is 5. The van der Waals surface area contributed by atoms with Crippen LogP contribution >= 0.6 is 0 Å². The second-order valence-corrected chi connectivity index (χ2v) is 8.59. The number of alkyl carbamates (subject to hydrolysis) is 1. The standard InChI is InChI=1S/C25H28F3N3O5/c26-25(27,28)19-8-4-7-17(11-19)23(34)29-13-22(33)30-20-9-10-21(18(12-20)14-32)31-24(35)36-15-16-5-2-1-3-6-16/h1-8,11,18,20-21,32H,9-10,12-15H2,(H,29,34)(H,30,33)(H,31,35). The Kier molecular flexibility index (Phi) is 9.29. The van der Waals surface area contributed by atoms with Crippen molar-refractivity contribution in [1.29, 1.82) is 0 Å². The quantitative estimate of drug-likeness (QED) is 0.438. The van der Waals surface area contributed by atoms with Gasteiger partial charge in [-0.2, -0.15) is 13.2 Å². The summed E-state index contributed by atoms with van der Waals surface area (Å²) in [5.74, 6) is -1.62. The first-order valence-corrected chi connectivity index (χ1v) is 11.5. The molecular weight excluding hydrogens is 479 g/mol. The fourth-order valence-electron chi connectivity index (χ4n) is 4.08. The zero-order chi connectivity index (χ0) is 26.1. The van der Waals surface area contributed by atoms with Gasteiger partial charge in [0.15, 0.2) is 0 Å². The highest BCUT2D eigenvalue weighted by molar-refractivity contribution is 5.96. The fraction of sp³-hybridized carbons (Fsp3) is 0.400. The topological polar surface area (TPSA) is 117 Å². The Hall–Kier alpha value is -3.60. The molecule has 36 heavy (non-hydrogen) atoms. The summed E-state index contributed by atoms with van der Waals surface area (Å²) in [7, 11) is 0. The number of alkyl halides is 3. The van der Waals surface area contributed by atoms with E-state index in [0.29, 0.717) is 19.3 Å². The Morgan fingerprint density at radius 1 is 1.00 bits per heavy atom. The molecule has 0 radical (unpaired) electrons. The van der Waals surface area contributed by atoms with E-state index >= 15 is 0 Å². The van der Waals surface area contributed by atoms with E-state index in [-0.39, 0.29) is 36.8 Å². The number of halogens is 3. The number of benzene rings is 2. The molecule has 3 amide bonds. The molecule has 1 saturated carbocycles. The molecule has 0 aromatic heterocycles. The second kappa shape index (κ2) is 12.4. The average molecular weight is 508 g/mol. The first-order valence-electron chi connectivity index (χ1n) is 11.5. The Labute approximate surface area is 206 Å². The predicted molar refractivity (Wildman–Crippen MR) is 124 cm³/mol. The highest BCUT2D eigenvalue weighted by Crippen LogP contribution is 2.29. The largest absolute Gasteiger partial charge is 0.445 e. The van der Waals surface area contributed by atoms with Crippen LogP contribution in [0.4, 0.5) is 18.0 Å². The first-order chi connectivity index (χ1) is 17.2. The minimum atomic E-state index is -4.58. The molecule has 2 aromatic rings. The van der Waals surface area contributed by atoms with Crippen molar-refractivity contribution in [2.24, 2.45) is 5.92 Å². The third-order valence-electron chi connectivity index (χ3n) is 5.96. The van der Waals surface area contributed by atoms with Crippen LogP contribution in [0.3, 0.4) is 0 Å². The summed E-state index contributed by atoms with van der Waals surface area (Å²) in [6.07, 6.45) is -3.76. The highest BCUT2D eigenvalue weighted by Gasteiger charge is 2.33. The van der Waals surface area contributed by atoms with E-state index in [0.717, 1.165) is 23.8 Å².